The zero-order valence-electron chi connectivity index (χ0n) is 9.78. The molecule has 1 N–H and O–H groups in total. The Bertz CT molecular complexity index is 391. The molecule has 92 valence electrons. The molecule has 0 bridgehead atoms. The molecule has 17 heavy (non-hydrogen) atoms. The van der Waals surface area contributed by atoms with Crippen molar-refractivity contribution in [2.45, 2.75) is 6.42 Å². The Morgan fingerprint density at radius 3 is 2.94 bits per heavy atom. The van der Waals surface area contributed by atoms with Gasteiger partial charge in [-0.15, -0.1) is 0 Å². The van der Waals surface area contributed by atoms with E-state index in [-0.39, 0.29) is 5.91 Å². The Kier molecular flexibility index (Phi) is 6.37. The topological polar surface area (TPSA) is 38.3 Å². The maximum atomic E-state index is 11.4. The van der Waals surface area contributed by atoms with Crippen LogP contribution in [-0.4, -0.2) is 26.2 Å². The summed E-state index contributed by atoms with van der Waals surface area (Å²) in [5.41, 5.74) is 0.834. The normalized spacial score (nSPS) is 10.7. The highest BCUT2D eigenvalue weighted by molar-refractivity contribution is 6.32. The molecule has 0 heterocycles. The monoisotopic (exact) mass is 253 g/mol. The molecule has 0 saturated heterocycles. The largest absolute Gasteiger partial charge is 0.385 e. The second kappa shape index (κ2) is 7.87. The third-order valence-electron chi connectivity index (χ3n) is 2.14. The standard InChI is InChI=1S/C13H16ClNO2/c1-17-10-4-9-15-13(16)8-7-11-5-2-3-6-12(11)14/h2-3,5-8H,4,9-10H2,1H3,(H,15,16). The number of rotatable bonds is 6. The van der Waals surface area contributed by atoms with Crippen molar-refractivity contribution in [1.82, 2.24) is 5.32 Å². The zero-order chi connectivity index (χ0) is 12.5. The minimum Gasteiger partial charge on any atom is -0.385 e. The highest BCUT2D eigenvalue weighted by atomic mass is 35.5. The fraction of sp³-hybridized carbons (Fsp3) is 0.308. The van der Waals surface area contributed by atoms with Gasteiger partial charge in [-0.05, 0) is 24.1 Å². The van der Waals surface area contributed by atoms with Crippen molar-refractivity contribution in [3.63, 3.8) is 0 Å². The predicted molar refractivity (Wildman–Crippen MR) is 70.0 cm³/mol. The number of carbonyl (C=O) groups excluding carboxylic acids is 1. The van der Waals surface area contributed by atoms with E-state index in [9.17, 15) is 4.79 Å². The lowest BCUT2D eigenvalue weighted by molar-refractivity contribution is -0.116. The molecule has 0 spiro atoms. The van der Waals surface area contributed by atoms with Crippen molar-refractivity contribution in [2.24, 2.45) is 0 Å². The van der Waals surface area contributed by atoms with Gasteiger partial charge in [0.25, 0.3) is 0 Å². The van der Waals surface area contributed by atoms with Gasteiger partial charge in [0, 0.05) is 31.4 Å². The van der Waals surface area contributed by atoms with Crippen LogP contribution < -0.4 is 5.32 Å². The number of ether oxygens (including phenoxy) is 1. The van der Waals surface area contributed by atoms with E-state index >= 15 is 0 Å². The molecule has 0 saturated carbocycles. The number of hydrogen-bond donors (Lipinski definition) is 1. The van der Waals surface area contributed by atoms with Crippen molar-refractivity contribution in [2.75, 3.05) is 20.3 Å². The van der Waals surface area contributed by atoms with Crippen LogP contribution >= 0.6 is 11.6 Å². The smallest absolute Gasteiger partial charge is 0.244 e. The summed E-state index contributed by atoms with van der Waals surface area (Å²) in [5.74, 6) is -0.124. The molecule has 1 aromatic rings. The molecule has 4 heteroatoms. The van der Waals surface area contributed by atoms with Gasteiger partial charge < -0.3 is 10.1 Å². The number of nitrogens with one attached hydrogen (secondary N) is 1. The van der Waals surface area contributed by atoms with E-state index in [0.29, 0.717) is 18.2 Å². The number of hydrogen-bond acceptors (Lipinski definition) is 2. The van der Waals surface area contributed by atoms with Gasteiger partial charge in [-0.1, -0.05) is 29.8 Å². The molecule has 3 nitrogen and oxygen atoms in total. The van der Waals surface area contributed by atoms with Gasteiger partial charge in [-0.3, -0.25) is 4.79 Å². The highest BCUT2D eigenvalue weighted by Crippen LogP contribution is 2.15. The lowest BCUT2D eigenvalue weighted by Gasteiger charge is -2.01. The molecule has 1 amide bonds. The van der Waals surface area contributed by atoms with Gasteiger partial charge in [-0.25, -0.2) is 0 Å². The summed E-state index contributed by atoms with van der Waals surface area (Å²) in [7, 11) is 1.64. The average molecular weight is 254 g/mol. The summed E-state index contributed by atoms with van der Waals surface area (Å²) < 4.78 is 4.88. The summed E-state index contributed by atoms with van der Waals surface area (Å²) in [5, 5.41) is 3.39. The molecule has 0 aliphatic rings. The van der Waals surface area contributed by atoms with Crippen LogP contribution in [0.2, 0.25) is 5.02 Å². The Morgan fingerprint density at radius 2 is 2.24 bits per heavy atom. The molecule has 0 unspecified atom stereocenters. The first-order valence-corrected chi connectivity index (χ1v) is 5.81. The molecular weight excluding hydrogens is 238 g/mol. The fourth-order valence-electron chi connectivity index (χ4n) is 1.26. The molecule has 0 radical (unpaired) electrons. The lowest BCUT2D eigenvalue weighted by atomic mass is 10.2. The van der Waals surface area contributed by atoms with Crippen LogP contribution in [0.1, 0.15) is 12.0 Å². The maximum absolute atomic E-state index is 11.4. The summed E-state index contributed by atoms with van der Waals surface area (Å²) >= 11 is 5.95. The third-order valence-corrected chi connectivity index (χ3v) is 2.49. The molecule has 0 fully saturated rings. The minimum absolute atomic E-state index is 0.124. The van der Waals surface area contributed by atoms with Crippen LogP contribution in [-0.2, 0) is 9.53 Å². The summed E-state index contributed by atoms with van der Waals surface area (Å²) in [6.07, 6.45) is 3.99. The molecular formula is C13H16ClNO2. The van der Waals surface area contributed by atoms with E-state index in [4.69, 9.17) is 16.3 Å². The number of amides is 1. The Hall–Kier alpha value is -1.32. The molecule has 1 aromatic carbocycles. The van der Waals surface area contributed by atoms with Crippen LogP contribution in [0.3, 0.4) is 0 Å². The number of benzene rings is 1. The Morgan fingerprint density at radius 1 is 1.47 bits per heavy atom. The molecule has 1 rings (SSSR count). The maximum Gasteiger partial charge on any atom is 0.244 e. The minimum atomic E-state index is -0.124. The van der Waals surface area contributed by atoms with Gasteiger partial charge in [0.1, 0.15) is 0 Å². The van der Waals surface area contributed by atoms with E-state index in [1.165, 1.54) is 6.08 Å². The quantitative estimate of drug-likeness (QED) is 0.625. The van der Waals surface area contributed by atoms with Crippen LogP contribution in [0.15, 0.2) is 30.3 Å². The van der Waals surface area contributed by atoms with Crippen LogP contribution in [0.25, 0.3) is 6.08 Å². The van der Waals surface area contributed by atoms with Gasteiger partial charge >= 0.3 is 0 Å². The molecule has 0 aliphatic heterocycles. The van der Waals surface area contributed by atoms with Crippen molar-refractivity contribution in [3.05, 3.63) is 40.9 Å². The van der Waals surface area contributed by atoms with Crippen LogP contribution in [0, 0.1) is 0 Å². The van der Waals surface area contributed by atoms with E-state index in [1.807, 2.05) is 18.2 Å². The first-order valence-electron chi connectivity index (χ1n) is 5.43. The van der Waals surface area contributed by atoms with E-state index in [0.717, 1.165) is 12.0 Å². The van der Waals surface area contributed by atoms with Gasteiger partial charge in [0.2, 0.25) is 5.91 Å². The first-order chi connectivity index (χ1) is 8.24. The Labute approximate surface area is 106 Å². The summed E-state index contributed by atoms with van der Waals surface area (Å²) in [6.45, 7) is 1.26. The van der Waals surface area contributed by atoms with E-state index < -0.39 is 0 Å². The van der Waals surface area contributed by atoms with Crippen molar-refractivity contribution in [1.29, 1.82) is 0 Å². The Balaban J connectivity index is 2.38. The van der Waals surface area contributed by atoms with Crippen molar-refractivity contribution in [3.8, 4) is 0 Å². The predicted octanol–water partition coefficient (Wildman–Crippen LogP) is 2.51. The molecule has 0 aromatic heterocycles. The average Bonchev–Trinajstić information content (AvgIpc) is 2.34. The summed E-state index contributed by atoms with van der Waals surface area (Å²) in [4.78, 5) is 11.4. The SMILES string of the molecule is COCCCNC(=O)C=Cc1ccccc1Cl. The van der Waals surface area contributed by atoms with E-state index in [2.05, 4.69) is 5.32 Å². The molecule has 0 aliphatic carbocycles. The lowest BCUT2D eigenvalue weighted by Crippen LogP contribution is -2.22. The number of halogens is 1. The second-order valence-electron chi connectivity index (χ2n) is 3.49. The fourth-order valence-corrected chi connectivity index (χ4v) is 1.46. The van der Waals surface area contributed by atoms with Crippen LogP contribution in [0.4, 0.5) is 0 Å². The summed E-state index contributed by atoms with van der Waals surface area (Å²) in [6, 6.07) is 7.38. The van der Waals surface area contributed by atoms with E-state index in [1.54, 1.807) is 19.3 Å². The van der Waals surface area contributed by atoms with Crippen molar-refractivity contribution < 1.29 is 9.53 Å². The van der Waals surface area contributed by atoms with Crippen molar-refractivity contribution >= 4 is 23.6 Å². The van der Waals surface area contributed by atoms with Gasteiger partial charge in [0.05, 0.1) is 0 Å². The number of carbonyl (C=O) groups is 1. The van der Waals surface area contributed by atoms with Crippen LogP contribution in [0.5, 0.6) is 0 Å². The highest BCUT2D eigenvalue weighted by Gasteiger charge is 1.96. The molecule has 0 atom stereocenters. The number of methoxy groups -OCH3 is 1. The van der Waals surface area contributed by atoms with Gasteiger partial charge in [-0.2, -0.15) is 0 Å². The zero-order valence-corrected chi connectivity index (χ0v) is 10.5. The first kappa shape index (κ1) is 13.7. The van der Waals surface area contributed by atoms with Gasteiger partial charge in [0.15, 0.2) is 0 Å². The third kappa shape index (κ3) is 5.52. The second-order valence-corrected chi connectivity index (χ2v) is 3.90.